The molecule has 0 unspecified atom stereocenters. The van der Waals surface area contributed by atoms with E-state index >= 15 is 0 Å². The average Bonchev–Trinajstić information content (AvgIpc) is 2.60. The molecule has 2 aromatic rings. The summed E-state index contributed by atoms with van der Waals surface area (Å²) in [5.41, 5.74) is 6.38. The van der Waals surface area contributed by atoms with Crippen molar-refractivity contribution in [3.05, 3.63) is 87.8 Å². The molecular formula is C18H18N2O4S2. The molecular weight excluding hydrogens is 372 g/mol. The van der Waals surface area contributed by atoms with Gasteiger partial charge in [0.05, 0.1) is 16.3 Å². The Bertz CT molecular complexity index is 939. The van der Waals surface area contributed by atoms with Gasteiger partial charge in [0, 0.05) is 5.41 Å². The topological polar surface area (TPSA) is 109 Å². The summed E-state index contributed by atoms with van der Waals surface area (Å²) in [4.78, 5) is 12.0. The third-order valence-electron chi connectivity index (χ3n) is 3.28. The van der Waals surface area contributed by atoms with Crippen LogP contribution in [0.15, 0.2) is 76.6 Å². The summed E-state index contributed by atoms with van der Waals surface area (Å²) >= 11 is 0.877. The Morgan fingerprint density at radius 3 is 2.42 bits per heavy atom. The number of rotatable bonds is 7. The van der Waals surface area contributed by atoms with E-state index in [9.17, 15) is 18.3 Å². The van der Waals surface area contributed by atoms with Gasteiger partial charge >= 0.3 is 0 Å². The number of carbonyl (C=O) groups is 1. The molecule has 136 valence electrons. The number of thioether (sulfide) groups is 1. The van der Waals surface area contributed by atoms with Crippen molar-refractivity contribution >= 4 is 27.5 Å². The number of aromatic hydroxyl groups is 1. The highest BCUT2D eigenvalue weighted by Crippen LogP contribution is 2.20. The van der Waals surface area contributed by atoms with Crippen molar-refractivity contribution in [2.24, 2.45) is 5.73 Å². The Balaban J connectivity index is 1.98. The van der Waals surface area contributed by atoms with Crippen molar-refractivity contribution in [1.29, 1.82) is 0 Å². The standard InChI is InChI=1S/C18H18N2O4S2/c1-13(20-18(22)15-9-5-6-10-16(15)21)25-11-17(19)26(23,24)12-14-7-3-2-4-8-14/h2-11,21H,1,12,19H2,(H,20,22)/b17-11+. The highest BCUT2D eigenvalue weighted by atomic mass is 32.2. The second-order valence-corrected chi connectivity index (χ2v) is 8.23. The van der Waals surface area contributed by atoms with Crippen LogP contribution in [0.3, 0.4) is 0 Å². The Morgan fingerprint density at radius 2 is 1.77 bits per heavy atom. The molecule has 6 nitrogen and oxygen atoms in total. The van der Waals surface area contributed by atoms with Crippen LogP contribution in [-0.2, 0) is 15.6 Å². The normalized spacial score (nSPS) is 11.8. The minimum absolute atomic E-state index is 0.0860. The lowest BCUT2D eigenvalue weighted by Gasteiger charge is -2.08. The molecule has 0 saturated heterocycles. The zero-order valence-electron chi connectivity index (χ0n) is 13.8. The van der Waals surface area contributed by atoms with Crippen LogP contribution in [-0.4, -0.2) is 19.4 Å². The third kappa shape index (κ3) is 5.40. The minimum Gasteiger partial charge on any atom is -0.507 e. The first kappa shape index (κ1) is 19.6. The van der Waals surface area contributed by atoms with Crippen molar-refractivity contribution in [3.63, 3.8) is 0 Å². The molecule has 0 bridgehead atoms. The molecule has 0 aliphatic carbocycles. The van der Waals surface area contributed by atoms with Gasteiger partial charge in [-0.25, -0.2) is 8.42 Å². The highest BCUT2D eigenvalue weighted by Gasteiger charge is 2.16. The fourth-order valence-electron chi connectivity index (χ4n) is 1.97. The molecule has 2 rings (SSSR count). The van der Waals surface area contributed by atoms with E-state index in [4.69, 9.17) is 5.73 Å². The van der Waals surface area contributed by atoms with Crippen LogP contribution in [0, 0.1) is 0 Å². The van der Waals surface area contributed by atoms with E-state index in [1.54, 1.807) is 42.5 Å². The zero-order chi connectivity index (χ0) is 19.2. The van der Waals surface area contributed by atoms with E-state index in [0.29, 0.717) is 5.56 Å². The summed E-state index contributed by atoms with van der Waals surface area (Å²) in [6.45, 7) is 3.64. The van der Waals surface area contributed by atoms with E-state index in [2.05, 4.69) is 11.9 Å². The molecule has 1 amide bonds. The molecule has 0 aliphatic heterocycles. The molecule has 0 saturated carbocycles. The van der Waals surface area contributed by atoms with E-state index in [-0.39, 0.29) is 27.1 Å². The molecule has 0 atom stereocenters. The number of benzene rings is 2. The van der Waals surface area contributed by atoms with Crippen LogP contribution in [0.4, 0.5) is 0 Å². The van der Waals surface area contributed by atoms with Gasteiger partial charge in [-0.1, -0.05) is 60.8 Å². The highest BCUT2D eigenvalue weighted by molar-refractivity contribution is 8.06. The zero-order valence-corrected chi connectivity index (χ0v) is 15.4. The number of sulfone groups is 1. The van der Waals surface area contributed by atoms with Crippen LogP contribution in [0.1, 0.15) is 15.9 Å². The molecule has 0 fully saturated rings. The molecule has 0 heterocycles. The maximum Gasteiger partial charge on any atom is 0.259 e. The first-order valence-electron chi connectivity index (χ1n) is 7.47. The number of hydrogen-bond donors (Lipinski definition) is 3. The number of phenolic OH excluding ortho intramolecular Hbond substituents is 1. The molecule has 2 aromatic carbocycles. The van der Waals surface area contributed by atoms with Gasteiger partial charge in [0.1, 0.15) is 10.8 Å². The Kier molecular flexibility index (Phi) is 6.48. The van der Waals surface area contributed by atoms with Gasteiger partial charge in [0.15, 0.2) is 9.84 Å². The number of carbonyl (C=O) groups excluding carboxylic acids is 1. The summed E-state index contributed by atoms with van der Waals surface area (Å²) in [5, 5.41) is 13.2. The molecule has 26 heavy (non-hydrogen) atoms. The van der Waals surface area contributed by atoms with Gasteiger partial charge < -0.3 is 16.2 Å². The number of nitrogens with two attached hydrogens (primary N) is 1. The SMILES string of the molecule is C=C(NC(=O)c1ccccc1O)S/C=C(\N)S(=O)(=O)Cc1ccccc1. The van der Waals surface area contributed by atoms with Crippen LogP contribution < -0.4 is 11.1 Å². The largest absolute Gasteiger partial charge is 0.507 e. The van der Waals surface area contributed by atoms with Gasteiger partial charge in [-0.2, -0.15) is 0 Å². The van der Waals surface area contributed by atoms with E-state index in [1.807, 2.05) is 0 Å². The van der Waals surface area contributed by atoms with Crippen LogP contribution >= 0.6 is 11.8 Å². The number of amides is 1. The second kappa shape index (κ2) is 8.59. The number of hydrogen-bond acceptors (Lipinski definition) is 6. The average molecular weight is 390 g/mol. The van der Waals surface area contributed by atoms with Gasteiger partial charge in [0.25, 0.3) is 5.91 Å². The number of phenols is 1. The molecule has 4 N–H and O–H groups in total. The smallest absolute Gasteiger partial charge is 0.259 e. The maximum absolute atomic E-state index is 12.2. The van der Waals surface area contributed by atoms with Crippen molar-refractivity contribution in [2.75, 3.05) is 0 Å². The van der Waals surface area contributed by atoms with E-state index in [0.717, 1.165) is 11.8 Å². The lowest BCUT2D eigenvalue weighted by molar-refractivity contribution is 0.0966. The summed E-state index contributed by atoms with van der Waals surface area (Å²) in [7, 11) is -3.67. The van der Waals surface area contributed by atoms with Crippen LogP contribution in [0.25, 0.3) is 0 Å². The quantitative estimate of drug-likeness (QED) is 0.671. The van der Waals surface area contributed by atoms with Gasteiger partial charge in [-0.3, -0.25) is 4.79 Å². The van der Waals surface area contributed by atoms with Gasteiger partial charge in [-0.15, -0.1) is 0 Å². The minimum atomic E-state index is -3.67. The van der Waals surface area contributed by atoms with E-state index < -0.39 is 15.7 Å². The Morgan fingerprint density at radius 1 is 1.15 bits per heavy atom. The Labute approximate surface area is 156 Å². The van der Waals surface area contributed by atoms with Gasteiger partial charge in [-0.05, 0) is 17.7 Å². The van der Waals surface area contributed by atoms with Crippen molar-refractivity contribution in [1.82, 2.24) is 5.32 Å². The molecule has 0 spiro atoms. The maximum atomic E-state index is 12.2. The third-order valence-corrected chi connectivity index (χ3v) is 5.73. The lowest BCUT2D eigenvalue weighted by Crippen LogP contribution is -2.21. The van der Waals surface area contributed by atoms with Crippen LogP contribution in [0.2, 0.25) is 0 Å². The van der Waals surface area contributed by atoms with Crippen molar-refractivity contribution in [2.45, 2.75) is 5.75 Å². The fourth-order valence-corrected chi connectivity index (χ4v) is 3.91. The monoisotopic (exact) mass is 390 g/mol. The molecule has 0 aliphatic rings. The van der Waals surface area contributed by atoms with Crippen LogP contribution in [0.5, 0.6) is 5.75 Å². The summed E-state index contributed by atoms with van der Waals surface area (Å²) in [6, 6.07) is 14.7. The van der Waals surface area contributed by atoms with E-state index in [1.165, 1.54) is 17.5 Å². The van der Waals surface area contributed by atoms with Gasteiger partial charge in [0.2, 0.25) is 0 Å². The van der Waals surface area contributed by atoms with Crippen molar-refractivity contribution < 1.29 is 18.3 Å². The first-order valence-corrected chi connectivity index (χ1v) is 10.00. The predicted octanol–water partition coefficient (Wildman–Crippen LogP) is 2.70. The number of nitrogens with one attached hydrogen (secondary N) is 1. The molecule has 0 radical (unpaired) electrons. The molecule has 8 heteroatoms. The summed E-state index contributed by atoms with van der Waals surface area (Å²) in [5.74, 6) is -0.934. The summed E-state index contributed by atoms with van der Waals surface area (Å²) in [6.07, 6.45) is 0. The summed E-state index contributed by atoms with van der Waals surface area (Å²) < 4.78 is 24.5. The second-order valence-electron chi connectivity index (χ2n) is 5.28. The Hall–Kier alpha value is -2.71. The van der Waals surface area contributed by atoms with Crippen molar-refractivity contribution in [3.8, 4) is 5.75 Å². The lowest BCUT2D eigenvalue weighted by atomic mass is 10.2. The number of para-hydroxylation sites is 1. The fraction of sp³-hybridized carbons (Fsp3) is 0.0556. The molecule has 0 aromatic heterocycles. The first-order chi connectivity index (χ1) is 12.3. The predicted molar refractivity (Wildman–Crippen MR) is 104 cm³/mol.